The van der Waals surface area contributed by atoms with Gasteiger partial charge < -0.3 is 15.1 Å². The quantitative estimate of drug-likeness (QED) is 0.892. The second kappa shape index (κ2) is 8.99. The number of nitrogens with zero attached hydrogens (tertiary/aromatic N) is 2. The van der Waals surface area contributed by atoms with Gasteiger partial charge in [-0.05, 0) is 57.3 Å². The Labute approximate surface area is 150 Å². The smallest absolute Gasteiger partial charge is 0.251 e. The van der Waals surface area contributed by atoms with Crippen molar-refractivity contribution in [1.29, 1.82) is 0 Å². The molecule has 0 saturated carbocycles. The summed E-state index contributed by atoms with van der Waals surface area (Å²) in [7, 11) is 0. The fourth-order valence-electron chi connectivity index (χ4n) is 3.75. The molecule has 136 valence electrons. The molecule has 2 amide bonds. The van der Waals surface area contributed by atoms with E-state index in [0.29, 0.717) is 12.1 Å². The Bertz CT molecular complexity index is 564. The molecule has 1 atom stereocenters. The molecule has 0 spiro atoms. The molecule has 3 rings (SSSR count). The van der Waals surface area contributed by atoms with Crippen molar-refractivity contribution in [1.82, 2.24) is 15.1 Å². The van der Waals surface area contributed by atoms with Gasteiger partial charge in [0.2, 0.25) is 5.91 Å². The first-order valence-corrected chi connectivity index (χ1v) is 9.61. The van der Waals surface area contributed by atoms with E-state index in [4.69, 9.17) is 0 Å². The third-order valence-corrected chi connectivity index (χ3v) is 5.20. The average Bonchev–Trinajstić information content (AvgIpc) is 2.69. The summed E-state index contributed by atoms with van der Waals surface area (Å²) in [5, 5.41) is 3.01. The number of carbonyl (C=O) groups is 2. The lowest BCUT2D eigenvalue weighted by molar-refractivity contribution is -0.134. The largest absolute Gasteiger partial charge is 0.341 e. The molecule has 25 heavy (non-hydrogen) atoms. The molecule has 1 aromatic rings. The van der Waals surface area contributed by atoms with Crippen molar-refractivity contribution >= 4 is 11.8 Å². The molecule has 0 radical (unpaired) electrons. The van der Waals surface area contributed by atoms with Crippen LogP contribution in [0.3, 0.4) is 0 Å². The van der Waals surface area contributed by atoms with E-state index < -0.39 is 6.04 Å². The topological polar surface area (TPSA) is 52.7 Å². The van der Waals surface area contributed by atoms with Crippen LogP contribution in [0.5, 0.6) is 0 Å². The van der Waals surface area contributed by atoms with Gasteiger partial charge in [-0.2, -0.15) is 0 Å². The molecule has 1 aromatic carbocycles. The summed E-state index contributed by atoms with van der Waals surface area (Å²) in [6.07, 6.45) is 6.94. The van der Waals surface area contributed by atoms with Gasteiger partial charge in [-0.3, -0.25) is 9.59 Å². The van der Waals surface area contributed by atoms with Crippen molar-refractivity contribution in [3.63, 3.8) is 0 Å². The van der Waals surface area contributed by atoms with Gasteiger partial charge in [-0.25, -0.2) is 0 Å². The van der Waals surface area contributed by atoms with Crippen LogP contribution in [0.25, 0.3) is 0 Å². The monoisotopic (exact) mass is 343 g/mol. The lowest BCUT2D eigenvalue weighted by Gasteiger charge is -2.34. The zero-order chi connectivity index (χ0) is 17.5. The molecule has 0 aliphatic carbocycles. The third kappa shape index (κ3) is 5.05. The summed E-state index contributed by atoms with van der Waals surface area (Å²) in [5.41, 5.74) is 0.609. The minimum absolute atomic E-state index is 0.0783. The van der Waals surface area contributed by atoms with Crippen LogP contribution < -0.4 is 5.32 Å². The molecule has 1 unspecified atom stereocenters. The number of rotatable bonds is 5. The van der Waals surface area contributed by atoms with E-state index in [-0.39, 0.29) is 11.8 Å². The highest BCUT2D eigenvalue weighted by molar-refractivity contribution is 5.97. The Kier molecular flexibility index (Phi) is 6.45. The van der Waals surface area contributed by atoms with E-state index in [0.717, 1.165) is 39.0 Å². The van der Waals surface area contributed by atoms with E-state index in [1.54, 1.807) is 12.1 Å². The van der Waals surface area contributed by atoms with Crippen LogP contribution in [-0.2, 0) is 4.79 Å². The van der Waals surface area contributed by atoms with Gasteiger partial charge in [0.05, 0.1) is 0 Å². The van der Waals surface area contributed by atoms with Gasteiger partial charge in [0, 0.05) is 25.2 Å². The summed E-state index contributed by atoms with van der Waals surface area (Å²) in [4.78, 5) is 29.9. The van der Waals surface area contributed by atoms with Gasteiger partial charge in [0.25, 0.3) is 5.91 Å². The highest BCUT2D eigenvalue weighted by Crippen LogP contribution is 2.13. The number of amides is 2. The second-order valence-electron chi connectivity index (χ2n) is 7.14. The Morgan fingerprint density at radius 3 is 2.12 bits per heavy atom. The number of piperidine rings is 2. The van der Waals surface area contributed by atoms with Crippen molar-refractivity contribution in [2.45, 2.75) is 44.6 Å². The maximum atomic E-state index is 13.0. The molecule has 2 fully saturated rings. The molecule has 5 heteroatoms. The molecule has 0 aromatic heterocycles. The van der Waals surface area contributed by atoms with E-state index in [1.807, 2.05) is 23.1 Å². The predicted octanol–water partition coefficient (Wildman–Crippen LogP) is 2.28. The summed E-state index contributed by atoms with van der Waals surface area (Å²) in [5.74, 6) is -0.0810. The van der Waals surface area contributed by atoms with Gasteiger partial charge in [0.1, 0.15) is 6.04 Å². The highest BCUT2D eigenvalue weighted by Gasteiger charge is 2.29. The van der Waals surface area contributed by atoms with E-state index in [2.05, 4.69) is 10.2 Å². The molecule has 2 aliphatic rings. The van der Waals surface area contributed by atoms with Gasteiger partial charge in [0.15, 0.2) is 0 Å². The van der Waals surface area contributed by atoms with Crippen molar-refractivity contribution < 1.29 is 9.59 Å². The molecule has 5 nitrogen and oxygen atoms in total. The SMILES string of the molecule is O=C(NC(CN1CCCCC1)C(=O)N1CCCCC1)c1ccccc1. The molecule has 2 saturated heterocycles. The number of benzene rings is 1. The van der Waals surface area contributed by atoms with Crippen LogP contribution in [0.1, 0.15) is 48.9 Å². The number of hydrogen-bond acceptors (Lipinski definition) is 3. The van der Waals surface area contributed by atoms with Crippen molar-refractivity contribution in [2.24, 2.45) is 0 Å². The minimum atomic E-state index is -0.455. The first kappa shape index (κ1) is 17.9. The molecular weight excluding hydrogens is 314 g/mol. The van der Waals surface area contributed by atoms with Crippen LogP contribution in [0.2, 0.25) is 0 Å². The first-order valence-electron chi connectivity index (χ1n) is 9.61. The predicted molar refractivity (Wildman–Crippen MR) is 98.4 cm³/mol. The van der Waals surface area contributed by atoms with Gasteiger partial charge in [-0.15, -0.1) is 0 Å². The van der Waals surface area contributed by atoms with Gasteiger partial charge >= 0.3 is 0 Å². The highest BCUT2D eigenvalue weighted by atomic mass is 16.2. The lowest BCUT2D eigenvalue weighted by Crippen LogP contribution is -2.55. The standard InChI is InChI=1S/C20H29N3O2/c24-19(17-10-4-1-5-11-17)21-18(16-22-12-6-2-7-13-22)20(25)23-14-8-3-9-15-23/h1,4-5,10-11,18H,2-3,6-9,12-16H2,(H,21,24). The Balaban J connectivity index is 1.68. The zero-order valence-corrected chi connectivity index (χ0v) is 15.0. The van der Waals surface area contributed by atoms with E-state index >= 15 is 0 Å². The Morgan fingerprint density at radius 1 is 0.880 bits per heavy atom. The minimum Gasteiger partial charge on any atom is -0.341 e. The van der Waals surface area contributed by atoms with Crippen LogP contribution in [0.15, 0.2) is 30.3 Å². The molecule has 2 heterocycles. The summed E-state index contributed by atoms with van der Waals surface area (Å²) in [6.45, 7) is 4.29. The second-order valence-corrected chi connectivity index (χ2v) is 7.14. The fourth-order valence-corrected chi connectivity index (χ4v) is 3.75. The average molecular weight is 343 g/mol. The van der Waals surface area contributed by atoms with Crippen molar-refractivity contribution in [3.8, 4) is 0 Å². The van der Waals surface area contributed by atoms with Crippen LogP contribution in [0, 0.1) is 0 Å². The fraction of sp³-hybridized carbons (Fsp3) is 0.600. The number of likely N-dealkylation sites (tertiary alicyclic amines) is 2. The van der Waals surface area contributed by atoms with E-state index in [9.17, 15) is 9.59 Å². The molecule has 0 bridgehead atoms. The maximum absolute atomic E-state index is 13.0. The summed E-state index contributed by atoms with van der Waals surface area (Å²) in [6, 6.07) is 8.71. The van der Waals surface area contributed by atoms with Crippen LogP contribution >= 0.6 is 0 Å². The summed E-state index contributed by atoms with van der Waals surface area (Å²) < 4.78 is 0. The zero-order valence-electron chi connectivity index (χ0n) is 15.0. The van der Waals surface area contributed by atoms with Gasteiger partial charge in [-0.1, -0.05) is 24.6 Å². The Hall–Kier alpha value is -1.88. The van der Waals surface area contributed by atoms with Crippen molar-refractivity contribution in [2.75, 3.05) is 32.7 Å². The first-order chi connectivity index (χ1) is 12.2. The normalized spacial score (nSPS) is 20.1. The van der Waals surface area contributed by atoms with Crippen LogP contribution in [0.4, 0.5) is 0 Å². The number of nitrogens with one attached hydrogen (secondary N) is 1. The van der Waals surface area contributed by atoms with E-state index in [1.165, 1.54) is 25.7 Å². The number of hydrogen-bond donors (Lipinski definition) is 1. The summed E-state index contributed by atoms with van der Waals surface area (Å²) >= 11 is 0. The van der Waals surface area contributed by atoms with Crippen LogP contribution in [-0.4, -0.2) is 60.4 Å². The third-order valence-electron chi connectivity index (χ3n) is 5.20. The molecule has 2 aliphatic heterocycles. The molecule has 1 N–H and O–H groups in total. The number of carbonyl (C=O) groups excluding carboxylic acids is 2. The molecular formula is C20H29N3O2. The maximum Gasteiger partial charge on any atom is 0.251 e. The van der Waals surface area contributed by atoms with Crippen molar-refractivity contribution in [3.05, 3.63) is 35.9 Å². The lowest BCUT2D eigenvalue weighted by atomic mass is 10.1. The Morgan fingerprint density at radius 2 is 1.48 bits per heavy atom.